The molecule has 0 aliphatic heterocycles. The first kappa shape index (κ1) is 31.8. The largest absolute Gasteiger partial charge is 1.00 e. The molecule has 4 rings (SSSR count). The minimum absolute atomic E-state index is 0. The first-order valence-corrected chi connectivity index (χ1v) is 9.85. The number of rotatable bonds is 6. The van der Waals surface area contributed by atoms with Crippen molar-refractivity contribution in [3.63, 3.8) is 0 Å². The monoisotopic (exact) mass is 589 g/mol. The smallest absolute Gasteiger partial charge is 0.508 e. The summed E-state index contributed by atoms with van der Waals surface area (Å²) in [6.07, 6.45) is 6.93. The summed E-state index contributed by atoms with van der Waals surface area (Å²) in [5.74, 6) is 1.96. The van der Waals surface area contributed by atoms with Crippen LogP contribution in [0.2, 0.25) is 0 Å². The molecule has 11 nitrogen and oxygen atoms in total. The van der Waals surface area contributed by atoms with E-state index in [0.29, 0.717) is 13.2 Å². The Bertz CT molecular complexity index is 1010. The number of aromatic nitrogens is 2. The zero-order valence-electron chi connectivity index (χ0n) is 18.7. The van der Waals surface area contributed by atoms with Crippen LogP contribution >= 0.6 is 0 Å². The number of phenols is 2. The molecule has 0 aliphatic carbocycles. The van der Waals surface area contributed by atoms with Gasteiger partial charge in [0.15, 0.2) is 0 Å². The van der Waals surface area contributed by atoms with Crippen LogP contribution in [0.25, 0.3) is 0 Å². The van der Waals surface area contributed by atoms with E-state index < -0.39 is 5.09 Å². The van der Waals surface area contributed by atoms with E-state index in [1.54, 1.807) is 73.3 Å². The Labute approximate surface area is 222 Å². The number of ether oxygens (including phenoxy) is 2. The summed E-state index contributed by atoms with van der Waals surface area (Å²) in [6.45, 7) is 1.01. The SMILES string of the molecule is O.O=[N+]([O-])[O-].Oc1ccc(OCc2ccncc2)cc1.Oc1ccc(OCc2ccncc2)cc1.[Ag+]. The van der Waals surface area contributed by atoms with E-state index >= 15 is 0 Å². The third-order valence-electron chi connectivity index (χ3n) is 3.98. The molecule has 0 aliphatic rings. The van der Waals surface area contributed by atoms with E-state index in [1.165, 1.54) is 0 Å². The fourth-order valence-electron chi connectivity index (χ4n) is 2.38. The van der Waals surface area contributed by atoms with E-state index in [2.05, 4.69) is 9.97 Å². The predicted molar refractivity (Wildman–Crippen MR) is 127 cm³/mol. The summed E-state index contributed by atoms with van der Waals surface area (Å²) in [7, 11) is 0. The summed E-state index contributed by atoms with van der Waals surface area (Å²) in [6, 6.07) is 20.9. The van der Waals surface area contributed by atoms with Crippen LogP contribution in [0.15, 0.2) is 97.6 Å². The molecule has 2 aromatic heterocycles. The van der Waals surface area contributed by atoms with Crippen molar-refractivity contribution in [2.24, 2.45) is 0 Å². The van der Waals surface area contributed by atoms with Crippen LogP contribution in [-0.2, 0) is 35.6 Å². The van der Waals surface area contributed by atoms with Gasteiger partial charge in [0.1, 0.15) is 36.2 Å². The number of hydrogen-bond acceptors (Lipinski definition) is 9. The van der Waals surface area contributed by atoms with Crippen LogP contribution in [0.5, 0.6) is 23.0 Å². The van der Waals surface area contributed by atoms with Gasteiger partial charge in [-0.1, -0.05) is 0 Å². The van der Waals surface area contributed by atoms with E-state index in [1.807, 2.05) is 24.3 Å². The summed E-state index contributed by atoms with van der Waals surface area (Å²) < 4.78 is 11.0. The van der Waals surface area contributed by atoms with E-state index in [4.69, 9.17) is 35.0 Å². The van der Waals surface area contributed by atoms with Crippen molar-refractivity contribution in [3.8, 4) is 23.0 Å². The second-order valence-electron chi connectivity index (χ2n) is 6.50. The van der Waals surface area contributed by atoms with Crippen molar-refractivity contribution < 1.29 is 52.6 Å². The van der Waals surface area contributed by atoms with Crippen LogP contribution in [0.3, 0.4) is 0 Å². The maximum absolute atomic E-state index is 9.08. The maximum atomic E-state index is 9.08. The zero-order valence-corrected chi connectivity index (χ0v) is 20.2. The van der Waals surface area contributed by atoms with Gasteiger partial charge < -0.3 is 40.5 Å². The second-order valence-corrected chi connectivity index (χ2v) is 6.50. The molecule has 12 heteroatoms. The van der Waals surface area contributed by atoms with Crippen LogP contribution in [0, 0.1) is 15.3 Å². The van der Waals surface area contributed by atoms with Crippen molar-refractivity contribution in [2.45, 2.75) is 13.2 Å². The maximum Gasteiger partial charge on any atom is 1.00 e. The van der Waals surface area contributed by atoms with Crippen molar-refractivity contribution in [2.75, 3.05) is 0 Å². The summed E-state index contributed by atoms with van der Waals surface area (Å²) in [4.78, 5) is 16.1. The first-order chi connectivity index (χ1) is 16.4. The van der Waals surface area contributed by atoms with Crippen molar-refractivity contribution in [1.29, 1.82) is 0 Å². The normalized spacial score (nSPS) is 8.89. The molecule has 4 aromatic rings. The van der Waals surface area contributed by atoms with Gasteiger partial charge in [0.25, 0.3) is 0 Å². The number of phenolic OH excluding ortho intramolecular Hbond substituents is 2. The molecular weight excluding hydrogens is 566 g/mol. The van der Waals surface area contributed by atoms with Gasteiger partial charge in [-0.15, -0.1) is 0 Å². The molecule has 0 bridgehead atoms. The van der Waals surface area contributed by atoms with E-state index in [0.717, 1.165) is 22.6 Å². The van der Waals surface area contributed by atoms with Crippen molar-refractivity contribution in [1.82, 2.24) is 9.97 Å². The molecule has 36 heavy (non-hydrogen) atoms. The zero-order chi connectivity index (χ0) is 24.6. The standard InChI is InChI=1S/2C12H11NO2.Ag.NO3.H2O/c2*14-11-1-3-12(4-2-11)15-9-10-5-7-13-8-6-10;;2-1(3)4;/h2*1-8,14H,9H2;;;1H2/q;;+1;-1;. The Morgan fingerprint density at radius 3 is 1.19 bits per heavy atom. The number of nitrogens with zero attached hydrogens (tertiary/aromatic N) is 3. The molecule has 4 N–H and O–H groups in total. The molecular formula is C24H24AgN3O8. The molecule has 0 fully saturated rings. The van der Waals surface area contributed by atoms with Crippen LogP contribution in [0.4, 0.5) is 0 Å². The van der Waals surface area contributed by atoms with Gasteiger partial charge in [0.05, 0.1) is 5.09 Å². The molecule has 2 aromatic carbocycles. The first-order valence-electron chi connectivity index (χ1n) is 9.85. The molecule has 2 heterocycles. The summed E-state index contributed by atoms with van der Waals surface area (Å²) >= 11 is 0. The quantitative estimate of drug-likeness (QED) is 0.192. The third kappa shape index (κ3) is 14.2. The van der Waals surface area contributed by atoms with Gasteiger partial charge in [-0.05, 0) is 83.9 Å². The third-order valence-corrected chi connectivity index (χ3v) is 3.98. The summed E-state index contributed by atoms with van der Waals surface area (Å²) in [5.41, 5.74) is 2.14. The van der Waals surface area contributed by atoms with Crippen molar-refractivity contribution >= 4 is 0 Å². The average molecular weight is 590 g/mol. The fourth-order valence-corrected chi connectivity index (χ4v) is 2.38. The van der Waals surface area contributed by atoms with E-state index in [-0.39, 0.29) is 39.4 Å². The van der Waals surface area contributed by atoms with Gasteiger partial charge in [-0.2, -0.15) is 0 Å². The molecule has 0 atom stereocenters. The number of pyridine rings is 2. The molecule has 0 saturated carbocycles. The molecule has 0 amide bonds. The Hall–Kier alpha value is -4.16. The average Bonchev–Trinajstić information content (AvgIpc) is 2.85. The predicted octanol–water partition coefficient (Wildman–Crippen LogP) is 3.67. The molecule has 0 radical (unpaired) electrons. The second kappa shape index (κ2) is 18.2. The minimum Gasteiger partial charge on any atom is -0.508 e. The van der Waals surface area contributed by atoms with Gasteiger partial charge in [0, 0.05) is 24.8 Å². The van der Waals surface area contributed by atoms with Gasteiger partial charge in [-0.3, -0.25) is 9.97 Å². The Balaban J connectivity index is 0.000000566. The topological polar surface area (TPSA) is 182 Å². The van der Waals surface area contributed by atoms with Gasteiger partial charge >= 0.3 is 22.4 Å². The number of benzene rings is 2. The molecule has 0 saturated heterocycles. The van der Waals surface area contributed by atoms with Crippen molar-refractivity contribution in [3.05, 3.63) is 124 Å². The molecule has 194 valence electrons. The van der Waals surface area contributed by atoms with Gasteiger partial charge in [-0.25, -0.2) is 0 Å². The molecule has 0 spiro atoms. The minimum atomic E-state index is -1.75. The summed E-state index contributed by atoms with van der Waals surface area (Å²) in [5, 5.41) is 32.9. The number of aromatic hydroxyl groups is 2. The van der Waals surface area contributed by atoms with Crippen LogP contribution in [-0.4, -0.2) is 30.7 Å². The van der Waals surface area contributed by atoms with Crippen LogP contribution < -0.4 is 9.47 Å². The van der Waals surface area contributed by atoms with E-state index in [9.17, 15) is 0 Å². The Morgan fingerprint density at radius 1 is 0.639 bits per heavy atom. The van der Waals surface area contributed by atoms with Gasteiger partial charge in [0.2, 0.25) is 0 Å². The number of hydrogen-bond donors (Lipinski definition) is 2. The fraction of sp³-hybridized carbons (Fsp3) is 0.0833. The Morgan fingerprint density at radius 2 is 0.917 bits per heavy atom. The Kier molecular flexibility index (Phi) is 16.1. The van der Waals surface area contributed by atoms with Crippen LogP contribution in [0.1, 0.15) is 11.1 Å². The molecule has 0 unspecified atom stereocenters.